The molecule has 4 heteroatoms. The van der Waals surface area contributed by atoms with Crippen LogP contribution in [0.3, 0.4) is 0 Å². The number of ether oxygens (including phenoxy) is 1. The first-order valence-electron chi connectivity index (χ1n) is 6.60. The number of aromatic nitrogens is 1. The van der Waals surface area contributed by atoms with E-state index < -0.39 is 5.91 Å². The van der Waals surface area contributed by atoms with E-state index in [4.69, 9.17) is 10.5 Å². The second-order valence-corrected chi connectivity index (χ2v) is 4.67. The Morgan fingerprint density at radius 3 is 2.52 bits per heavy atom. The van der Waals surface area contributed by atoms with Gasteiger partial charge in [0.05, 0.1) is 11.2 Å². The topological polar surface area (TPSA) is 65.2 Å². The number of pyridine rings is 1. The first-order chi connectivity index (χ1) is 10.2. The van der Waals surface area contributed by atoms with E-state index >= 15 is 0 Å². The summed E-state index contributed by atoms with van der Waals surface area (Å²) >= 11 is 0. The summed E-state index contributed by atoms with van der Waals surface area (Å²) < 4.78 is 5.66. The SMILES string of the molecule is NC(=O)c1ccc(OCc2ccc3ccccc3n2)cc1. The van der Waals surface area contributed by atoms with Gasteiger partial charge in [0.25, 0.3) is 0 Å². The number of fused-ring (bicyclic) bond motifs is 1. The van der Waals surface area contributed by atoms with Gasteiger partial charge in [-0.25, -0.2) is 4.98 Å². The quantitative estimate of drug-likeness (QED) is 0.798. The van der Waals surface area contributed by atoms with Crippen LogP contribution < -0.4 is 10.5 Å². The number of primary amides is 1. The Balaban J connectivity index is 1.72. The van der Waals surface area contributed by atoms with Crippen LogP contribution in [0, 0.1) is 0 Å². The number of para-hydroxylation sites is 1. The molecular weight excluding hydrogens is 264 g/mol. The number of carbonyl (C=O) groups excluding carboxylic acids is 1. The minimum Gasteiger partial charge on any atom is -0.487 e. The minimum absolute atomic E-state index is 0.376. The van der Waals surface area contributed by atoms with Gasteiger partial charge in [0.1, 0.15) is 12.4 Å². The molecule has 0 aliphatic carbocycles. The molecule has 0 bridgehead atoms. The van der Waals surface area contributed by atoms with Crippen LogP contribution in [0.25, 0.3) is 10.9 Å². The summed E-state index contributed by atoms with van der Waals surface area (Å²) in [6.45, 7) is 0.376. The van der Waals surface area contributed by atoms with Crippen molar-refractivity contribution in [1.29, 1.82) is 0 Å². The molecule has 0 saturated carbocycles. The molecule has 0 unspecified atom stereocenters. The van der Waals surface area contributed by atoms with Crippen LogP contribution in [0.5, 0.6) is 5.75 Å². The number of nitrogens with zero attached hydrogens (tertiary/aromatic N) is 1. The lowest BCUT2D eigenvalue weighted by Crippen LogP contribution is -2.10. The van der Waals surface area contributed by atoms with Crippen molar-refractivity contribution >= 4 is 16.8 Å². The molecule has 1 amide bonds. The molecule has 0 spiro atoms. The van der Waals surface area contributed by atoms with Gasteiger partial charge in [-0.3, -0.25) is 4.79 Å². The second-order valence-electron chi connectivity index (χ2n) is 4.67. The molecule has 0 aliphatic heterocycles. The molecule has 2 N–H and O–H groups in total. The number of amides is 1. The van der Waals surface area contributed by atoms with Gasteiger partial charge in [0.2, 0.25) is 5.91 Å². The van der Waals surface area contributed by atoms with Crippen molar-refractivity contribution in [3.05, 3.63) is 71.9 Å². The summed E-state index contributed by atoms with van der Waals surface area (Å²) in [5, 5.41) is 1.10. The molecule has 1 aromatic heterocycles. The zero-order valence-corrected chi connectivity index (χ0v) is 11.3. The van der Waals surface area contributed by atoms with Gasteiger partial charge < -0.3 is 10.5 Å². The maximum atomic E-state index is 11.0. The average molecular weight is 278 g/mol. The maximum Gasteiger partial charge on any atom is 0.248 e. The number of hydrogen-bond donors (Lipinski definition) is 1. The fourth-order valence-corrected chi connectivity index (χ4v) is 2.06. The molecule has 0 saturated heterocycles. The summed E-state index contributed by atoms with van der Waals surface area (Å²) in [7, 11) is 0. The highest BCUT2D eigenvalue weighted by Crippen LogP contribution is 2.15. The van der Waals surface area contributed by atoms with Gasteiger partial charge in [-0.2, -0.15) is 0 Å². The van der Waals surface area contributed by atoms with Crippen molar-refractivity contribution in [3.63, 3.8) is 0 Å². The molecule has 0 fully saturated rings. The summed E-state index contributed by atoms with van der Waals surface area (Å²) in [5.74, 6) is 0.229. The van der Waals surface area contributed by atoms with Gasteiger partial charge in [-0.1, -0.05) is 24.3 Å². The number of carbonyl (C=O) groups is 1. The molecule has 3 aromatic rings. The van der Waals surface area contributed by atoms with E-state index in [0.717, 1.165) is 16.6 Å². The third-order valence-electron chi connectivity index (χ3n) is 3.18. The van der Waals surface area contributed by atoms with Gasteiger partial charge in [-0.15, -0.1) is 0 Å². The van der Waals surface area contributed by atoms with E-state index in [-0.39, 0.29) is 0 Å². The van der Waals surface area contributed by atoms with E-state index in [1.165, 1.54) is 0 Å². The zero-order valence-electron chi connectivity index (χ0n) is 11.3. The van der Waals surface area contributed by atoms with Crippen LogP contribution in [0.2, 0.25) is 0 Å². The summed E-state index contributed by atoms with van der Waals surface area (Å²) in [6.07, 6.45) is 0. The Bertz CT molecular complexity index is 782. The van der Waals surface area contributed by atoms with Crippen LogP contribution in [-0.2, 0) is 6.61 Å². The normalized spacial score (nSPS) is 10.5. The van der Waals surface area contributed by atoms with Crippen LogP contribution in [0.15, 0.2) is 60.7 Å². The van der Waals surface area contributed by atoms with Crippen LogP contribution >= 0.6 is 0 Å². The molecule has 1 heterocycles. The van der Waals surface area contributed by atoms with Crippen molar-refractivity contribution in [1.82, 2.24) is 4.98 Å². The molecular formula is C17H14N2O2. The fourth-order valence-electron chi connectivity index (χ4n) is 2.06. The molecule has 2 aromatic carbocycles. The fraction of sp³-hybridized carbons (Fsp3) is 0.0588. The van der Waals surface area contributed by atoms with Crippen LogP contribution in [0.4, 0.5) is 0 Å². The van der Waals surface area contributed by atoms with Crippen molar-refractivity contribution in [3.8, 4) is 5.75 Å². The van der Waals surface area contributed by atoms with E-state index in [0.29, 0.717) is 17.9 Å². The Labute approximate surface area is 122 Å². The number of benzene rings is 2. The standard InChI is InChI=1S/C17H14N2O2/c18-17(20)13-6-9-15(10-7-13)21-11-14-8-5-12-3-1-2-4-16(12)19-14/h1-10H,11H2,(H2,18,20). The number of nitrogens with two attached hydrogens (primary N) is 1. The Morgan fingerprint density at radius 2 is 1.76 bits per heavy atom. The average Bonchev–Trinajstić information content (AvgIpc) is 2.53. The highest BCUT2D eigenvalue weighted by Gasteiger charge is 2.02. The lowest BCUT2D eigenvalue weighted by atomic mass is 10.2. The number of rotatable bonds is 4. The first-order valence-corrected chi connectivity index (χ1v) is 6.60. The summed E-state index contributed by atoms with van der Waals surface area (Å²) in [4.78, 5) is 15.5. The van der Waals surface area contributed by atoms with Crippen molar-refractivity contribution in [2.24, 2.45) is 5.73 Å². The van der Waals surface area contributed by atoms with Crippen molar-refractivity contribution < 1.29 is 9.53 Å². The predicted octanol–water partition coefficient (Wildman–Crippen LogP) is 2.91. The Morgan fingerprint density at radius 1 is 1.00 bits per heavy atom. The molecule has 0 radical (unpaired) electrons. The van der Waals surface area contributed by atoms with E-state index in [1.54, 1.807) is 24.3 Å². The molecule has 4 nitrogen and oxygen atoms in total. The van der Waals surface area contributed by atoms with E-state index in [9.17, 15) is 4.79 Å². The second kappa shape index (κ2) is 5.63. The third kappa shape index (κ3) is 3.00. The Kier molecular flexibility index (Phi) is 3.51. The predicted molar refractivity (Wildman–Crippen MR) is 81.0 cm³/mol. The van der Waals surface area contributed by atoms with Gasteiger partial charge in [0, 0.05) is 10.9 Å². The van der Waals surface area contributed by atoms with E-state index in [2.05, 4.69) is 4.98 Å². The summed E-state index contributed by atoms with van der Waals surface area (Å²) in [6, 6.07) is 18.6. The molecule has 0 aliphatic rings. The lowest BCUT2D eigenvalue weighted by Gasteiger charge is -2.07. The highest BCUT2D eigenvalue weighted by atomic mass is 16.5. The lowest BCUT2D eigenvalue weighted by molar-refractivity contribution is 0.100. The van der Waals surface area contributed by atoms with Gasteiger partial charge >= 0.3 is 0 Å². The van der Waals surface area contributed by atoms with Crippen LogP contribution in [0.1, 0.15) is 16.1 Å². The highest BCUT2D eigenvalue weighted by molar-refractivity contribution is 5.92. The molecule has 21 heavy (non-hydrogen) atoms. The smallest absolute Gasteiger partial charge is 0.248 e. The largest absolute Gasteiger partial charge is 0.487 e. The van der Waals surface area contributed by atoms with Crippen molar-refractivity contribution in [2.45, 2.75) is 6.61 Å². The molecule has 0 atom stereocenters. The third-order valence-corrected chi connectivity index (χ3v) is 3.18. The number of hydrogen-bond acceptors (Lipinski definition) is 3. The maximum absolute atomic E-state index is 11.0. The molecule has 104 valence electrons. The van der Waals surface area contributed by atoms with Crippen molar-refractivity contribution in [2.75, 3.05) is 0 Å². The first kappa shape index (κ1) is 13.1. The zero-order chi connectivity index (χ0) is 14.7. The minimum atomic E-state index is -0.447. The Hall–Kier alpha value is -2.88. The van der Waals surface area contributed by atoms with Gasteiger partial charge in [0.15, 0.2) is 0 Å². The van der Waals surface area contributed by atoms with Gasteiger partial charge in [-0.05, 0) is 36.4 Å². The van der Waals surface area contributed by atoms with E-state index in [1.807, 2.05) is 36.4 Å². The monoisotopic (exact) mass is 278 g/mol. The molecule has 3 rings (SSSR count). The van der Waals surface area contributed by atoms with Crippen LogP contribution in [-0.4, -0.2) is 10.9 Å². The summed E-state index contributed by atoms with van der Waals surface area (Å²) in [5.41, 5.74) is 7.46.